The van der Waals surface area contributed by atoms with Gasteiger partial charge in [0.05, 0.1) is 6.26 Å². The summed E-state index contributed by atoms with van der Waals surface area (Å²) in [4.78, 5) is 15.2. The maximum Gasteiger partial charge on any atom is 0.265 e. The van der Waals surface area contributed by atoms with Gasteiger partial charge in [-0.15, -0.1) is 0 Å². The van der Waals surface area contributed by atoms with E-state index in [1.165, 1.54) is 18.0 Å². The molecule has 0 aliphatic heterocycles. The lowest BCUT2D eigenvalue weighted by Gasteiger charge is -1.95. The van der Waals surface area contributed by atoms with E-state index in [1.54, 1.807) is 12.1 Å². The summed E-state index contributed by atoms with van der Waals surface area (Å²) < 4.78 is 10.7. The van der Waals surface area contributed by atoms with Crippen LogP contribution in [0, 0.1) is 0 Å². The molecule has 19 heavy (non-hydrogen) atoms. The first-order valence-electron chi connectivity index (χ1n) is 5.13. The Balaban J connectivity index is 2.26. The summed E-state index contributed by atoms with van der Waals surface area (Å²) in [7, 11) is 0. The Morgan fingerprint density at radius 2 is 2.26 bits per heavy atom. The molecular weight excluding hydrogens is 268 g/mol. The smallest absolute Gasteiger partial charge is 0.265 e. The van der Waals surface area contributed by atoms with E-state index in [1.807, 2.05) is 6.26 Å². The molecule has 0 bridgehead atoms. The molecule has 0 atom stereocenters. The normalized spacial score (nSPS) is 10.6. The van der Waals surface area contributed by atoms with Crippen LogP contribution in [0.2, 0.25) is 0 Å². The third-order valence-electron chi connectivity index (χ3n) is 2.27. The standard InChI is InChI=1S/C10H6N6O2S/c1-19-10-13-7(15-16-11)6-9(14-10)18-8(12-6)5-3-2-4-17-5/h2-4H,1H3. The molecule has 0 fully saturated rings. The Morgan fingerprint density at radius 3 is 2.95 bits per heavy atom. The molecule has 3 aromatic heterocycles. The second-order valence-corrected chi connectivity index (χ2v) is 4.15. The maximum atomic E-state index is 8.55. The van der Waals surface area contributed by atoms with E-state index >= 15 is 0 Å². The zero-order valence-corrected chi connectivity index (χ0v) is 10.5. The molecule has 9 heteroatoms. The zero-order valence-electron chi connectivity index (χ0n) is 9.64. The topological polar surface area (TPSA) is 114 Å². The van der Waals surface area contributed by atoms with Gasteiger partial charge in [-0.25, -0.2) is 9.97 Å². The van der Waals surface area contributed by atoms with Gasteiger partial charge in [-0.3, -0.25) is 0 Å². The second kappa shape index (κ2) is 4.63. The minimum Gasteiger partial charge on any atom is -0.459 e. The average Bonchev–Trinajstić information content (AvgIpc) is 3.07. The molecule has 0 aliphatic rings. The summed E-state index contributed by atoms with van der Waals surface area (Å²) in [5, 5.41) is 3.94. The molecule has 0 saturated heterocycles. The van der Waals surface area contributed by atoms with E-state index in [4.69, 9.17) is 14.4 Å². The van der Waals surface area contributed by atoms with Crippen molar-refractivity contribution in [3.63, 3.8) is 0 Å². The Morgan fingerprint density at radius 1 is 1.37 bits per heavy atom. The van der Waals surface area contributed by atoms with Gasteiger partial charge < -0.3 is 8.83 Å². The lowest BCUT2D eigenvalue weighted by molar-refractivity contribution is 0.530. The van der Waals surface area contributed by atoms with Crippen LogP contribution in [-0.2, 0) is 0 Å². The van der Waals surface area contributed by atoms with Gasteiger partial charge in [0.25, 0.3) is 11.6 Å². The largest absolute Gasteiger partial charge is 0.459 e. The first kappa shape index (κ1) is 11.6. The van der Waals surface area contributed by atoms with Gasteiger partial charge in [0, 0.05) is 4.91 Å². The molecule has 0 amide bonds. The molecule has 0 aromatic carbocycles. The van der Waals surface area contributed by atoms with E-state index in [9.17, 15) is 0 Å². The second-order valence-electron chi connectivity index (χ2n) is 3.37. The first-order chi connectivity index (χ1) is 9.31. The predicted octanol–water partition coefficient (Wildman–Crippen LogP) is 3.54. The van der Waals surface area contributed by atoms with Crippen molar-refractivity contribution in [3.8, 4) is 11.7 Å². The van der Waals surface area contributed by atoms with Crippen molar-refractivity contribution in [2.24, 2.45) is 5.11 Å². The van der Waals surface area contributed by atoms with Gasteiger partial charge in [0.15, 0.2) is 22.3 Å². The van der Waals surface area contributed by atoms with Crippen LogP contribution in [0.25, 0.3) is 33.3 Å². The minimum absolute atomic E-state index is 0.137. The molecule has 0 radical (unpaired) electrons. The summed E-state index contributed by atoms with van der Waals surface area (Å²) in [6.07, 6.45) is 3.32. The van der Waals surface area contributed by atoms with Crippen molar-refractivity contribution >= 4 is 28.8 Å². The summed E-state index contributed by atoms with van der Waals surface area (Å²) in [6.45, 7) is 0. The van der Waals surface area contributed by atoms with Gasteiger partial charge in [0.2, 0.25) is 0 Å². The molecular formula is C10H6N6O2S. The van der Waals surface area contributed by atoms with Crippen molar-refractivity contribution in [3.05, 3.63) is 28.8 Å². The summed E-state index contributed by atoms with van der Waals surface area (Å²) in [5.74, 6) is 0.871. The molecule has 94 valence electrons. The highest BCUT2D eigenvalue weighted by Gasteiger charge is 2.16. The Bertz CT molecular complexity index is 775. The van der Waals surface area contributed by atoms with Gasteiger partial charge in [-0.2, -0.15) is 4.98 Å². The quantitative estimate of drug-likeness (QED) is 0.237. The highest BCUT2D eigenvalue weighted by atomic mass is 32.2. The minimum atomic E-state index is 0.137. The van der Waals surface area contributed by atoms with Crippen LogP contribution in [-0.4, -0.2) is 21.2 Å². The van der Waals surface area contributed by atoms with Crippen molar-refractivity contribution in [2.45, 2.75) is 5.16 Å². The van der Waals surface area contributed by atoms with Crippen LogP contribution in [0.1, 0.15) is 0 Å². The molecule has 8 nitrogen and oxygen atoms in total. The number of furan rings is 1. The fraction of sp³-hybridized carbons (Fsp3) is 0.100. The van der Waals surface area contributed by atoms with Gasteiger partial charge >= 0.3 is 0 Å². The lowest BCUT2D eigenvalue weighted by Crippen LogP contribution is -1.86. The highest BCUT2D eigenvalue weighted by molar-refractivity contribution is 7.98. The average molecular weight is 274 g/mol. The number of oxazole rings is 1. The molecule has 0 saturated carbocycles. The van der Waals surface area contributed by atoms with Gasteiger partial charge in [0.1, 0.15) is 0 Å². The van der Waals surface area contributed by atoms with Crippen LogP contribution in [0.5, 0.6) is 0 Å². The van der Waals surface area contributed by atoms with Gasteiger partial charge in [-0.1, -0.05) is 11.8 Å². The number of nitrogens with zero attached hydrogens (tertiary/aromatic N) is 6. The number of rotatable bonds is 3. The fourth-order valence-corrected chi connectivity index (χ4v) is 1.85. The van der Waals surface area contributed by atoms with Crippen LogP contribution >= 0.6 is 11.8 Å². The number of azide groups is 1. The monoisotopic (exact) mass is 274 g/mol. The van der Waals surface area contributed by atoms with E-state index in [0.29, 0.717) is 16.4 Å². The molecule has 0 aliphatic carbocycles. The van der Waals surface area contributed by atoms with E-state index in [-0.39, 0.29) is 17.4 Å². The molecule has 0 N–H and O–H groups in total. The first-order valence-corrected chi connectivity index (χ1v) is 6.36. The van der Waals surface area contributed by atoms with Crippen molar-refractivity contribution in [1.82, 2.24) is 15.0 Å². The summed E-state index contributed by atoms with van der Waals surface area (Å²) in [6, 6.07) is 3.43. The highest BCUT2D eigenvalue weighted by Crippen LogP contribution is 2.29. The zero-order chi connectivity index (χ0) is 13.2. The molecule has 0 spiro atoms. The van der Waals surface area contributed by atoms with E-state index in [0.717, 1.165) is 0 Å². The number of fused-ring (bicyclic) bond motifs is 1. The third-order valence-corrected chi connectivity index (χ3v) is 2.82. The lowest BCUT2D eigenvalue weighted by atomic mass is 10.4. The Labute approximate surface area is 110 Å². The van der Waals surface area contributed by atoms with Gasteiger partial charge in [-0.05, 0) is 29.0 Å². The molecule has 3 aromatic rings. The summed E-state index contributed by atoms with van der Waals surface area (Å²) in [5.41, 5.74) is 9.11. The number of hydrogen-bond acceptors (Lipinski definition) is 7. The van der Waals surface area contributed by atoms with Crippen LogP contribution in [0.3, 0.4) is 0 Å². The Kier molecular flexibility index (Phi) is 2.82. The third kappa shape index (κ3) is 2.01. The molecule has 0 unspecified atom stereocenters. The Hall–Kier alpha value is -2.51. The number of aromatic nitrogens is 3. The van der Waals surface area contributed by atoms with Crippen LogP contribution < -0.4 is 0 Å². The van der Waals surface area contributed by atoms with E-state index < -0.39 is 0 Å². The van der Waals surface area contributed by atoms with Crippen molar-refractivity contribution in [1.29, 1.82) is 0 Å². The van der Waals surface area contributed by atoms with Crippen molar-refractivity contribution < 1.29 is 8.83 Å². The van der Waals surface area contributed by atoms with Crippen LogP contribution in [0.4, 0.5) is 5.82 Å². The maximum absolute atomic E-state index is 8.55. The van der Waals surface area contributed by atoms with Crippen LogP contribution in [0.15, 0.2) is 37.5 Å². The van der Waals surface area contributed by atoms with Crippen molar-refractivity contribution in [2.75, 3.05) is 6.26 Å². The number of hydrogen-bond donors (Lipinski definition) is 0. The van der Waals surface area contributed by atoms with E-state index in [2.05, 4.69) is 25.0 Å². The number of thioether (sulfide) groups is 1. The molecule has 3 rings (SSSR count). The predicted molar refractivity (Wildman–Crippen MR) is 67.9 cm³/mol. The fourth-order valence-electron chi connectivity index (χ4n) is 1.50. The SMILES string of the molecule is CSc1nc(N=[N+]=[N-])c2nc(-c3ccco3)oc2n1. The summed E-state index contributed by atoms with van der Waals surface area (Å²) >= 11 is 1.31. The molecule has 3 heterocycles.